The van der Waals surface area contributed by atoms with E-state index in [9.17, 15) is 5.26 Å². The molecule has 3 nitrogen and oxygen atoms in total. The molecule has 1 aromatic heterocycles. The number of benzene rings is 2. The van der Waals surface area contributed by atoms with E-state index < -0.39 is 0 Å². The highest BCUT2D eigenvalue weighted by Crippen LogP contribution is 2.15. The fraction of sp³-hybridized carbons (Fsp3) is 0. The lowest BCUT2D eigenvalue weighted by atomic mass is 10.2. The lowest BCUT2D eigenvalue weighted by molar-refractivity contribution is 1.16. The minimum atomic E-state index is 0.406. The summed E-state index contributed by atoms with van der Waals surface area (Å²) in [6.07, 6.45) is 3.76. The molecule has 2 aromatic carbocycles. The topological polar surface area (TPSA) is 49.6 Å². The lowest BCUT2D eigenvalue weighted by Crippen LogP contribution is -1.93. The molecule has 20 heavy (non-hydrogen) atoms. The maximum Gasteiger partial charge on any atom is 0.154 e. The first-order valence-electron chi connectivity index (χ1n) is 6.27. The summed E-state index contributed by atoms with van der Waals surface area (Å²) in [5.74, 6) is 0.545. The Bertz CT molecular complexity index is 815. The van der Waals surface area contributed by atoms with Gasteiger partial charge < -0.3 is 0 Å². The molecule has 0 aliphatic carbocycles. The summed E-state index contributed by atoms with van der Waals surface area (Å²) in [6.45, 7) is 0. The van der Waals surface area contributed by atoms with Gasteiger partial charge in [0.15, 0.2) is 11.5 Å². The molecule has 3 heteroatoms. The van der Waals surface area contributed by atoms with Crippen LogP contribution in [0.3, 0.4) is 0 Å². The average Bonchev–Trinajstić information content (AvgIpc) is 2.53. The van der Waals surface area contributed by atoms with E-state index in [0.29, 0.717) is 11.5 Å². The van der Waals surface area contributed by atoms with Gasteiger partial charge >= 0.3 is 0 Å². The fourth-order valence-corrected chi connectivity index (χ4v) is 1.99. The molecule has 0 N–H and O–H groups in total. The maximum absolute atomic E-state index is 9.18. The summed E-state index contributed by atoms with van der Waals surface area (Å²) in [5.41, 5.74) is 2.26. The van der Waals surface area contributed by atoms with Crippen molar-refractivity contribution in [1.82, 2.24) is 9.97 Å². The largest absolute Gasteiger partial charge is 0.229 e. The van der Waals surface area contributed by atoms with Crippen LogP contribution in [0.4, 0.5) is 0 Å². The summed E-state index contributed by atoms with van der Waals surface area (Å²) in [5, 5.41) is 9.97. The Balaban J connectivity index is 2.05. The van der Waals surface area contributed by atoms with Crippen LogP contribution in [-0.2, 0) is 0 Å². The van der Waals surface area contributed by atoms with Crippen molar-refractivity contribution in [2.24, 2.45) is 0 Å². The van der Waals surface area contributed by atoms with Gasteiger partial charge in [0.05, 0.1) is 5.52 Å². The standard InChI is InChI=1S/C17H11N3/c18-12-16-14-8-4-5-9-15(14)19-17(20-16)11-10-13-6-2-1-3-7-13/h1-11H. The number of para-hydroxylation sites is 1. The summed E-state index contributed by atoms with van der Waals surface area (Å²) in [6, 6.07) is 19.6. The van der Waals surface area contributed by atoms with E-state index in [1.165, 1.54) is 0 Å². The van der Waals surface area contributed by atoms with Crippen LogP contribution in [0.25, 0.3) is 23.1 Å². The minimum absolute atomic E-state index is 0.406. The smallest absolute Gasteiger partial charge is 0.154 e. The second-order valence-corrected chi connectivity index (χ2v) is 4.30. The van der Waals surface area contributed by atoms with Crippen molar-refractivity contribution in [2.45, 2.75) is 0 Å². The van der Waals surface area contributed by atoms with Crippen molar-refractivity contribution in [2.75, 3.05) is 0 Å². The first-order chi connectivity index (χ1) is 9.86. The van der Waals surface area contributed by atoms with Crippen LogP contribution < -0.4 is 0 Å². The minimum Gasteiger partial charge on any atom is -0.229 e. The highest BCUT2D eigenvalue weighted by Gasteiger charge is 2.04. The van der Waals surface area contributed by atoms with Crippen molar-refractivity contribution in [3.8, 4) is 6.07 Å². The van der Waals surface area contributed by atoms with Crippen LogP contribution in [-0.4, -0.2) is 9.97 Å². The molecule has 3 aromatic rings. The van der Waals surface area contributed by atoms with Crippen LogP contribution in [0.1, 0.15) is 17.1 Å². The Morgan fingerprint density at radius 2 is 1.60 bits per heavy atom. The predicted octanol–water partition coefficient (Wildman–Crippen LogP) is 3.67. The second kappa shape index (κ2) is 5.33. The maximum atomic E-state index is 9.18. The van der Waals surface area contributed by atoms with E-state index in [1.807, 2.05) is 66.7 Å². The van der Waals surface area contributed by atoms with E-state index in [0.717, 1.165) is 16.5 Å². The zero-order valence-corrected chi connectivity index (χ0v) is 10.7. The zero-order chi connectivity index (χ0) is 13.8. The van der Waals surface area contributed by atoms with E-state index in [-0.39, 0.29) is 0 Å². The van der Waals surface area contributed by atoms with Gasteiger partial charge in [0, 0.05) is 5.39 Å². The van der Waals surface area contributed by atoms with Gasteiger partial charge in [-0.25, -0.2) is 9.97 Å². The normalized spacial score (nSPS) is 10.8. The van der Waals surface area contributed by atoms with Crippen LogP contribution in [0, 0.1) is 11.3 Å². The first kappa shape index (κ1) is 12.1. The number of hydrogen-bond acceptors (Lipinski definition) is 3. The Morgan fingerprint density at radius 3 is 2.40 bits per heavy atom. The van der Waals surface area contributed by atoms with E-state index in [1.54, 1.807) is 0 Å². The molecule has 0 atom stereocenters. The molecule has 94 valence electrons. The number of nitriles is 1. The van der Waals surface area contributed by atoms with Gasteiger partial charge in [-0.1, -0.05) is 48.5 Å². The molecule has 0 spiro atoms. The van der Waals surface area contributed by atoms with Crippen LogP contribution >= 0.6 is 0 Å². The Labute approximate surface area is 116 Å². The summed E-state index contributed by atoms with van der Waals surface area (Å²) < 4.78 is 0. The third kappa shape index (κ3) is 2.40. The van der Waals surface area contributed by atoms with Crippen LogP contribution in [0.5, 0.6) is 0 Å². The highest BCUT2D eigenvalue weighted by molar-refractivity contribution is 5.84. The predicted molar refractivity (Wildman–Crippen MR) is 79.6 cm³/mol. The van der Waals surface area contributed by atoms with Gasteiger partial charge in [-0.3, -0.25) is 0 Å². The molecule has 0 bridgehead atoms. The van der Waals surface area contributed by atoms with E-state index in [2.05, 4.69) is 16.0 Å². The molecule has 3 rings (SSSR count). The number of hydrogen-bond donors (Lipinski definition) is 0. The quantitative estimate of drug-likeness (QED) is 0.703. The van der Waals surface area contributed by atoms with Crippen LogP contribution in [0.15, 0.2) is 54.6 Å². The Hall–Kier alpha value is -2.99. The molecule has 0 aliphatic rings. The van der Waals surface area contributed by atoms with E-state index in [4.69, 9.17) is 0 Å². The number of fused-ring (bicyclic) bond motifs is 1. The fourth-order valence-electron chi connectivity index (χ4n) is 1.99. The third-order valence-corrected chi connectivity index (χ3v) is 2.95. The molecule has 1 heterocycles. The molecule has 0 unspecified atom stereocenters. The van der Waals surface area contributed by atoms with Crippen molar-refractivity contribution >= 4 is 23.1 Å². The number of rotatable bonds is 2. The third-order valence-electron chi connectivity index (χ3n) is 2.95. The first-order valence-corrected chi connectivity index (χ1v) is 6.27. The number of aromatic nitrogens is 2. The summed E-state index contributed by atoms with van der Waals surface area (Å²) in [7, 11) is 0. The van der Waals surface area contributed by atoms with Crippen molar-refractivity contribution in [1.29, 1.82) is 5.26 Å². The Morgan fingerprint density at radius 1 is 0.850 bits per heavy atom. The average molecular weight is 257 g/mol. The van der Waals surface area contributed by atoms with Gasteiger partial charge in [0.1, 0.15) is 6.07 Å². The lowest BCUT2D eigenvalue weighted by Gasteiger charge is -2.00. The van der Waals surface area contributed by atoms with Gasteiger partial charge in [-0.15, -0.1) is 0 Å². The molecule has 0 fully saturated rings. The monoisotopic (exact) mass is 257 g/mol. The van der Waals surface area contributed by atoms with Gasteiger partial charge in [-0.05, 0) is 23.8 Å². The van der Waals surface area contributed by atoms with Crippen molar-refractivity contribution < 1.29 is 0 Å². The Kier molecular flexibility index (Phi) is 3.22. The molecule has 0 radical (unpaired) electrons. The highest BCUT2D eigenvalue weighted by atomic mass is 14.9. The summed E-state index contributed by atoms with van der Waals surface area (Å²) in [4.78, 5) is 8.73. The molecular formula is C17H11N3. The van der Waals surface area contributed by atoms with Crippen molar-refractivity contribution in [3.63, 3.8) is 0 Å². The second-order valence-electron chi connectivity index (χ2n) is 4.30. The molecule has 0 saturated carbocycles. The molecule has 0 aliphatic heterocycles. The molecular weight excluding hydrogens is 246 g/mol. The molecule has 0 saturated heterocycles. The van der Waals surface area contributed by atoms with Crippen LogP contribution in [0.2, 0.25) is 0 Å². The van der Waals surface area contributed by atoms with E-state index >= 15 is 0 Å². The van der Waals surface area contributed by atoms with Crippen molar-refractivity contribution in [3.05, 3.63) is 71.7 Å². The van der Waals surface area contributed by atoms with Gasteiger partial charge in [-0.2, -0.15) is 5.26 Å². The number of nitrogens with zero attached hydrogens (tertiary/aromatic N) is 3. The zero-order valence-electron chi connectivity index (χ0n) is 10.7. The van der Waals surface area contributed by atoms with Gasteiger partial charge in [0.25, 0.3) is 0 Å². The SMILES string of the molecule is N#Cc1nc(C=Cc2ccccc2)nc2ccccc12. The molecule has 0 amide bonds. The summed E-state index contributed by atoms with van der Waals surface area (Å²) >= 11 is 0. The van der Waals surface area contributed by atoms with Gasteiger partial charge in [0.2, 0.25) is 0 Å².